The average Bonchev–Trinajstić information content (AvgIpc) is 2.71. The first-order chi connectivity index (χ1) is 13.5. The summed E-state index contributed by atoms with van der Waals surface area (Å²) in [7, 11) is 0. The Morgan fingerprint density at radius 2 is 1.71 bits per heavy atom. The molecule has 0 fully saturated rings. The number of rotatable bonds is 10. The van der Waals surface area contributed by atoms with Crippen molar-refractivity contribution in [1.29, 1.82) is 0 Å². The second kappa shape index (κ2) is 11.5. The van der Waals surface area contributed by atoms with Gasteiger partial charge in [-0.2, -0.15) is 11.8 Å². The highest BCUT2D eigenvalue weighted by atomic mass is 32.2. The molecule has 0 aliphatic rings. The van der Waals surface area contributed by atoms with Gasteiger partial charge in [-0.15, -0.1) is 0 Å². The third-order valence-electron chi connectivity index (χ3n) is 4.56. The third kappa shape index (κ3) is 7.04. The monoisotopic (exact) mass is 398 g/mol. The summed E-state index contributed by atoms with van der Waals surface area (Å²) >= 11 is 1.74. The fourth-order valence-electron chi connectivity index (χ4n) is 2.86. The SMILES string of the molecule is CCNC(=O)[C@H](C)N(Cc1ccc(C)cc1)C(=O)CCSCc1ccccc1. The summed E-state index contributed by atoms with van der Waals surface area (Å²) in [6.45, 7) is 6.72. The van der Waals surface area contributed by atoms with Crippen LogP contribution in [0.5, 0.6) is 0 Å². The molecule has 1 N–H and O–H groups in total. The van der Waals surface area contributed by atoms with Crippen LogP contribution in [0.2, 0.25) is 0 Å². The highest BCUT2D eigenvalue weighted by Crippen LogP contribution is 2.16. The largest absolute Gasteiger partial charge is 0.355 e. The number of benzene rings is 2. The van der Waals surface area contributed by atoms with E-state index in [-0.39, 0.29) is 11.8 Å². The van der Waals surface area contributed by atoms with Crippen molar-refractivity contribution in [3.05, 3.63) is 71.3 Å². The van der Waals surface area contributed by atoms with Crippen molar-refractivity contribution in [3.63, 3.8) is 0 Å². The summed E-state index contributed by atoms with van der Waals surface area (Å²) in [4.78, 5) is 26.9. The smallest absolute Gasteiger partial charge is 0.242 e. The number of nitrogens with one attached hydrogen (secondary N) is 1. The van der Waals surface area contributed by atoms with Gasteiger partial charge in [0.25, 0.3) is 0 Å². The number of carbonyl (C=O) groups excluding carboxylic acids is 2. The fourth-order valence-corrected chi connectivity index (χ4v) is 3.75. The Balaban J connectivity index is 1.96. The molecule has 0 saturated heterocycles. The van der Waals surface area contributed by atoms with E-state index in [0.717, 1.165) is 17.1 Å². The Morgan fingerprint density at radius 3 is 2.36 bits per heavy atom. The zero-order chi connectivity index (χ0) is 20.4. The first-order valence-corrected chi connectivity index (χ1v) is 10.9. The summed E-state index contributed by atoms with van der Waals surface area (Å²) in [5.41, 5.74) is 3.47. The summed E-state index contributed by atoms with van der Waals surface area (Å²) in [6.07, 6.45) is 0.424. The van der Waals surface area contributed by atoms with Gasteiger partial charge in [-0.25, -0.2) is 0 Å². The van der Waals surface area contributed by atoms with Gasteiger partial charge in [-0.05, 0) is 31.9 Å². The predicted octanol–water partition coefficient (Wildman–Crippen LogP) is 4.17. The van der Waals surface area contributed by atoms with Crippen molar-refractivity contribution < 1.29 is 9.59 Å². The molecule has 2 aromatic rings. The molecule has 0 saturated carbocycles. The minimum Gasteiger partial charge on any atom is -0.355 e. The highest BCUT2D eigenvalue weighted by molar-refractivity contribution is 7.98. The molecular formula is C23H30N2O2S. The highest BCUT2D eigenvalue weighted by Gasteiger charge is 2.25. The minimum absolute atomic E-state index is 0.0138. The van der Waals surface area contributed by atoms with Crippen molar-refractivity contribution in [2.24, 2.45) is 0 Å². The summed E-state index contributed by atoms with van der Waals surface area (Å²) < 4.78 is 0. The van der Waals surface area contributed by atoms with Crippen LogP contribution in [0.25, 0.3) is 0 Å². The zero-order valence-corrected chi connectivity index (χ0v) is 17.8. The van der Waals surface area contributed by atoms with Gasteiger partial charge in [0.05, 0.1) is 0 Å². The number of thioether (sulfide) groups is 1. The summed E-state index contributed by atoms with van der Waals surface area (Å²) in [5.74, 6) is 1.53. The Morgan fingerprint density at radius 1 is 1.04 bits per heavy atom. The van der Waals surface area contributed by atoms with E-state index >= 15 is 0 Å². The zero-order valence-electron chi connectivity index (χ0n) is 17.0. The lowest BCUT2D eigenvalue weighted by molar-refractivity contribution is -0.140. The van der Waals surface area contributed by atoms with Gasteiger partial charge >= 0.3 is 0 Å². The average molecular weight is 399 g/mol. The van der Waals surface area contributed by atoms with E-state index in [1.807, 2.05) is 56.3 Å². The lowest BCUT2D eigenvalue weighted by atomic mass is 10.1. The number of carbonyl (C=O) groups is 2. The molecule has 0 radical (unpaired) electrons. The summed E-state index contributed by atoms with van der Waals surface area (Å²) in [5, 5.41) is 2.83. The van der Waals surface area contributed by atoms with E-state index in [4.69, 9.17) is 0 Å². The molecule has 5 heteroatoms. The standard InChI is InChI=1S/C23H30N2O2S/c1-4-24-23(27)19(3)25(16-20-12-10-18(2)11-13-20)22(26)14-15-28-17-21-8-6-5-7-9-21/h5-13,19H,4,14-17H2,1-3H3,(H,24,27)/t19-/m0/s1. The Hall–Kier alpha value is -2.27. The van der Waals surface area contributed by atoms with Crippen LogP contribution in [0.4, 0.5) is 0 Å². The first-order valence-electron chi connectivity index (χ1n) is 9.75. The molecule has 2 rings (SSSR count). The Kier molecular flexibility index (Phi) is 9.08. The molecule has 4 nitrogen and oxygen atoms in total. The van der Waals surface area contributed by atoms with Crippen LogP contribution < -0.4 is 5.32 Å². The van der Waals surface area contributed by atoms with Crippen molar-refractivity contribution in [2.45, 2.75) is 45.5 Å². The van der Waals surface area contributed by atoms with E-state index in [2.05, 4.69) is 17.4 Å². The van der Waals surface area contributed by atoms with Gasteiger partial charge in [-0.1, -0.05) is 60.2 Å². The molecule has 0 unspecified atom stereocenters. The lowest BCUT2D eigenvalue weighted by Crippen LogP contribution is -2.47. The fraction of sp³-hybridized carbons (Fsp3) is 0.391. The molecule has 2 aromatic carbocycles. The molecule has 1 atom stereocenters. The van der Waals surface area contributed by atoms with Crippen LogP contribution in [-0.2, 0) is 21.9 Å². The Bertz CT molecular complexity index is 747. The van der Waals surface area contributed by atoms with Gasteiger partial charge in [0.1, 0.15) is 6.04 Å². The van der Waals surface area contributed by atoms with E-state index in [9.17, 15) is 9.59 Å². The normalized spacial score (nSPS) is 11.7. The number of aryl methyl sites for hydroxylation is 1. The van der Waals surface area contributed by atoms with Gasteiger partial charge in [-0.3, -0.25) is 9.59 Å². The van der Waals surface area contributed by atoms with Crippen LogP contribution in [0.1, 0.15) is 37.0 Å². The van der Waals surface area contributed by atoms with E-state index in [0.29, 0.717) is 19.5 Å². The van der Waals surface area contributed by atoms with Crippen LogP contribution in [0, 0.1) is 6.92 Å². The quantitative estimate of drug-likeness (QED) is 0.611. The van der Waals surface area contributed by atoms with Crippen molar-refractivity contribution in [3.8, 4) is 0 Å². The molecule has 0 aliphatic carbocycles. The first kappa shape index (κ1) is 22.0. The van der Waals surface area contributed by atoms with Gasteiger partial charge in [0.15, 0.2) is 0 Å². The molecule has 0 aromatic heterocycles. The number of hydrogen-bond donors (Lipinski definition) is 1. The molecular weight excluding hydrogens is 368 g/mol. The molecule has 150 valence electrons. The van der Waals surface area contributed by atoms with Gasteiger partial charge in [0, 0.05) is 31.0 Å². The third-order valence-corrected chi connectivity index (χ3v) is 5.59. The van der Waals surface area contributed by atoms with Crippen molar-refractivity contribution >= 4 is 23.6 Å². The lowest BCUT2D eigenvalue weighted by Gasteiger charge is -2.28. The number of amides is 2. The molecule has 0 bridgehead atoms. The van der Waals surface area contributed by atoms with Crippen LogP contribution in [-0.4, -0.2) is 35.1 Å². The Labute approximate surface area is 172 Å². The van der Waals surface area contributed by atoms with E-state index < -0.39 is 6.04 Å². The van der Waals surface area contributed by atoms with Gasteiger partial charge < -0.3 is 10.2 Å². The van der Waals surface area contributed by atoms with Crippen molar-refractivity contribution in [1.82, 2.24) is 10.2 Å². The maximum absolute atomic E-state index is 12.9. The van der Waals surface area contributed by atoms with E-state index in [1.54, 1.807) is 23.6 Å². The summed E-state index contributed by atoms with van der Waals surface area (Å²) in [6, 6.07) is 17.8. The second-order valence-electron chi connectivity index (χ2n) is 6.87. The maximum atomic E-state index is 12.9. The van der Waals surface area contributed by atoms with Gasteiger partial charge in [0.2, 0.25) is 11.8 Å². The second-order valence-corrected chi connectivity index (χ2v) is 7.97. The van der Waals surface area contributed by atoms with Crippen LogP contribution >= 0.6 is 11.8 Å². The molecule has 0 heterocycles. The predicted molar refractivity (Wildman–Crippen MR) is 117 cm³/mol. The van der Waals surface area contributed by atoms with Crippen molar-refractivity contribution in [2.75, 3.05) is 12.3 Å². The minimum atomic E-state index is -0.493. The van der Waals surface area contributed by atoms with Crippen LogP contribution in [0.3, 0.4) is 0 Å². The number of likely N-dealkylation sites (N-methyl/N-ethyl adjacent to an activating group) is 1. The maximum Gasteiger partial charge on any atom is 0.242 e. The molecule has 0 spiro atoms. The molecule has 0 aliphatic heterocycles. The molecule has 2 amide bonds. The van der Waals surface area contributed by atoms with Crippen LogP contribution in [0.15, 0.2) is 54.6 Å². The topological polar surface area (TPSA) is 49.4 Å². The number of hydrogen-bond acceptors (Lipinski definition) is 3. The van der Waals surface area contributed by atoms with E-state index in [1.165, 1.54) is 11.1 Å². The molecule has 28 heavy (non-hydrogen) atoms. The number of nitrogens with zero attached hydrogens (tertiary/aromatic N) is 1.